The molecule has 2 N–H and O–H groups in total. The van der Waals surface area contributed by atoms with Crippen LogP contribution in [0.1, 0.15) is 39.5 Å². The van der Waals surface area contributed by atoms with Gasteiger partial charge in [0, 0.05) is 26.2 Å². The van der Waals surface area contributed by atoms with Crippen molar-refractivity contribution in [2.75, 3.05) is 33.2 Å². The Morgan fingerprint density at radius 2 is 1.81 bits per heavy atom. The van der Waals surface area contributed by atoms with Crippen LogP contribution in [0.15, 0.2) is 0 Å². The van der Waals surface area contributed by atoms with Gasteiger partial charge >= 0.3 is 0 Å². The van der Waals surface area contributed by atoms with Crippen molar-refractivity contribution in [3.05, 3.63) is 0 Å². The summed E-state index contributed by atoms with van der Waals surface area (Å²) in [5, 5.41) is 12.8. The molecule has 0 aromatic heterocycles. The van der Waals surface area contributed by atoms with Gasteiger partial charge in [0.05, 0.1) is 6.10 Å². The summed E-state index contributed by atoms with van der Waals surface area (Å²) in [7, 11) is 2.04. The highest BCUT2D eigenvalue weighted by atomic mass is 16.3. The van der Waals surface area contributed by atoms with E-state index < -0.39 is 0 Å². The lowest BCUT2D eigenvalue weighted by molar-refractivity contribution is 0.0533. The third-order valence-electron chi connectivity index (χ3n) is 4.17. The second-order valence-electron chi connectivity index (χ2n) is 5.24. The monoisotopic (exact) mass is 228 g/mol. The third-order valence-corrected chi connectivity index (χ3v) is 4.17. The number of likely N-dealkylation sites (tertiary alicyclic amines) is 1. The normalized spacial score (nSPS) is 20.2. The molecule has 0 aliphatic carbocycles. The van der Waals surface area contributed by atoms with Gasteiger partial charge in [-0.3, -0.25) is 0 Å². The molecule has 1 saturated heterocycles. The molecule has 0 unspecified atom stereocenters. The van der Waals surface area contributed by atoms with Crippen molar-refractivity contribution < 1.29 is 5.11 Å². The van der Waals surface area contributed by atoms with E-state index in [0.29, 0.717) is 5.41 Å². The minimum Gasteiger partial charge on any atom is -0.393 e. The topological polar surface area (TPSA) is 35.5 Å². The van der Waals surface area contributed by atoms with Crippen molar-refractivity contribution in [1.29, 1.82) is 0 Å². The van der Waals surface area contributed by atoms with Crippen LogP contribution in [0.3, 0.4) is 0 Å². The molecule has 0 radical (unpaired) electrons. The third kappa shape index (κ3) is 3.72. The van der Waals surface area contributed by atoms with Gasteiger partial charge in [-0.1, -0.05) is 13.8 Å². The molecule has 0 spiro atoms. The summed E-state index contributed by atoms with van der Waals surface area (Å²) in [5.74, 6) is 0. The van der Waals surface area contributed by atoms with Gasteiger partial charge in [-0.25, -0.2) is 0 Å². The largest absolute Gasteiger partial charge is 0.393 e. The first-order valence-electron chi connectivity index (χ1n) is 6.71. The van der Waals surface area contributed by atoms with E-state index >= 15 is 0 Å². The summed E-state index contributed by atoms with van der Waals surface area (Å²) in [4.78, 5) is 2.52. The predicted octanol–water partition coefficient (Wildman–Crippen LogP) is 1.47. The maximum Gasteiger partial charge on any atom is 0.0564 e. The summed E-state index contributed by atoms with van der Waals surface area (Å²) < 4.78 is 0. The molecule has 1 aliphatic rings. The van der Waals surface area contributed by atoms with Crippen LogP contribution in [0.5, 0.6) is 0 Å². The fourth-order valence-electron chi connectivity index (χ4n) is 2.71. The lowest BCUT2D eigenvalue weighted by Gasteiger charge is -2.39. The summed E-state index contributed by atoms with van der Waals surface area (Å²) >= 11 is 0. The predicted molar refractivity (Wildman–Crippen MR) is 68.6 cm³/mol. The first-order valence-corrected chi connectivity index (χ1v) is 6.71. The molecule has 0 atom stereocenters. The number of hydrogen-bond acceptors (Lipinski definition) is 3. The Kier molecular flexibility index (Phi) is 5.73. The van der Waals surface area contributed by atoms with E-state index in [1.165, 1.54) is 19.4 Å². The molecule has 16 heavy (non-hydrogen) atoms. The van der Waals surface area contributed by atoms with Crippen LogP contribution < -0.4 is 5.32 Å². The molecule has 1 rings (SSSR count). The molecule has 0 aromatic carbocycles. The number of piperidine rings is 1. The lowest BCUT2D eigenvalue weighted by atomic mass is 9.81. The zero-order valence-electron chi connectivity index (χ0n) is 11.1. The number of rotatable bonds is 6. The van der Waals surface area contributed by atoms with Crippen molar-refractivity contribution in [2.24, 2.45) is 5.41 Å². The van der Waals surface area contributed by atoms with Crippen LogP contribution in [0.25, 0.3) is 0 Å². The highest BCUT2D eigenvalue weighted by molar-refractivity contribution is 4.84. The molecule has 3 heteroatoms. The second-order valence-corrected chi connectivity index (χ2v) is 5.24. The van der Waals surface area contributed by atoms with E-state index in [2.05, 4.69) is 24.1 Å². The van der Waals surface area contributed by atoms with Crippen molar-refractivity contribution in [3.8, 4) is 0 Å². The summed E-state index contributed by atoms with van der Waals surface area (Å²) in [6, 6.07) is 0. The van der Waals surface area contributed by atoms with E-state index in [1.807, 2.05) is 7.05 Å². The van der Waals surface area contributed by atoms with Gasteiger partial charge in [0.15, 0.2) is 0 Å². The maximum atomic E-state index is 9.50. The van der Waals surface area contributed by atoms with Gasteiger partial charge in [0.2, 0.25) is 0 Å². The molecule has 1 fully saturated rings. The van der Waals surface area contributed by atoms with Crippen molar-refractivity contribution in [1.82, 2.24) is 10.2 Å². The summed E-state index contributed by atoms with van der Waals surface area (Å²) in [5.41, 5.74) is 0.414. The molecular formula is C13H28N2O. The van der Waals surface area contributed by atoms with E-state index in [-0.39, 0.29) is 6.10 Å². The van der Waals surface area contributed by atoms with Gasteiger partial charge in [-0.05, 0) is 38.1 Å². The Labute approximate surface area is 100 Å². The summed E-state index contributed by atoms with van der Waals surface area (Å²) in [6.45, 7) is 8.98. The molecule has 0 bridgehead atoms. The minimum atomic E-state index is -0.0572. The Hall–Kier alpha value is -0.120. The molecule has 96 valence electrons. The van der Waals surface area contributed by atoms with Gasteiger partial charge in [0.1, 0.15) is 0 Å². The SMILES string of the molecule is CCC(CC)(CNC)CN1CCC(O)CC1. The van der Waals surface area contributed by atoms with E-state index in [4.69, 9.17) is 0 Å². The Morgan fingerprint density at radius 3 is 2.25 bits per heavy atom. The second kappa shape index (κ2) is 6.58. The van der Waals surface area contributed by atoms with Crippen LogP contribution >= 0.6 is 0 Å². The Balaban J connectivity index is 2.47. The van der Waals surface area contributed by atoms with E-state index in [0.717, 1.165) is 32.5 Å². The fourth-order valence-corrected chi connectivity index (χ4v) is 2.71. The molecule has 0 amide bonds. The van der Waals surface area contributed by atoms with Crippen molar-refractivity contribution in [2.45, 2.75) is 45.6 Å². The number of aliphatic hydroxyl groups excluding tert-OH is 1. The quantitative estimate of drug-likeness (QED) is 0.722. The van der Waals surface area contributed by atoms with Crippen LogP contribution in [0.2, 0.25) is 0 Å². The van der Waals surface area contributed by atoms with Crippen LogP contribution in [-0.2, 0) is 0 Å². The molecule has 3 nitrogen and oxygen atoms in total. The maximum absolute atomic E-state index is 9.50. The highest BCUT2D eigenvalue weighted by Gasteiger charge is 2.29. The van der Waals surface area contributed by atoms with Crippen LogP contribution in [-0.4, -0.2) is 49.3 Å². The average molecular weight is 228 g/mol. The smallest absolute Gasteiger partial charge is 0.0564 e. The summed E-state index contributed by atoms with van der Waals surface area (Å²) in [6.07, 6.45) is 4.29. The van der Waals surface area contributed by atoms with E-state index in [1.54, 1.807) is 0 Å². The molecule has 1 aliphatic heterocycles. The zero-order valence-corrected chi connectivity index (χ0v) is 11.1. The van der Waals surface area contributed by atoms with Gasteiger partial charge < -0.3 is 15.3 Å². The molecule has 0 saturated carbocycles. The molecular weight excluding hydrogens is 200 g/mol. The van der Waals surface area contributed by atoms with Gasteiger partial charge in [-0.2, -0.15) is 0 Å². The van der Waals surface area contributed by atoms with Crippen LogP contribution in [0.4, 0.5) is 0 Å². The first kappa shape index (κ1) is 13.9. The van der Waals surface area contributed by atoms with Crippen LogP contribution in [0, 0.1) is 5.41 Å². The number of nitrogens with one attached hydrogen (secondary N) is 1. The first-order chi connectivity index (χ1) is 7.65. The van der Waals surface area contributed by atoms with Gasteiger partial charge in [-0.15, -0.1) is 0 Å². The van der Waals surface area contributed by atoms with Crippen molar-refractivity contribution >= 4 is 0 Å². The van der Waals surface area contributed by atoms with E-state index in [9.17, 15) is 5.11 Å². The molecule has 0 aromatic rings. The zero-order chi connectivity index (χ0) is 12.0. The Bertz CT molecular complexity index is 184. The Morgan fingerprint density at radius 1 is 1.25 bits per heavy atom. The molecule has 1 heterocycles. The average Bonchev–Trinajstić information content (AvgIpc) is 2.31. The lowest BCUT2D eigenvalue weighted by Crippen LogP contribution is -2.46. The van der Waals surface area contributed by atoms with Crippen molar-refractivity contribution in [3.63, 3.8) is 0 Å². The number of hydrogen-bond donors (Lipinski definition) is 2. The number of nitrogens with zero attached hydrogens (tertiary/aromatic N) is 1. The fraction of sp³-hybridized carbons (Fsp3) is 1.00. The number of aliphatic hydroxyl groups is 1. The highest BCUT2D eigenvalue weighted by Crippen LogP contribution is 2.28. The minimum absolute atomic E-state index is 0.0572. The van der Waals surface area contributed by atoms with Gasteiger partial charge in [0.25, 0.3) is 0 Å². The standard InChI is InChI=1S/C13H28N2O/c1-4-13(5-2,10-14-3)11-15-8-6-12(16)7-9-15/h12,14,16H,4-11H2,1-3H3.